The van der Waals surface area contributed by atoms with Crippen LogP contribution in [-0.4, -0.2) is 9.78 Å². The largest absolute Gasteiger partial charge is 0.272 e. The lowest BCUT2D eigenvalue weighted by Crippen LogP contribution is -2.10. The Morgan fingerprint density at radius 2 is 2.27 bits per heavy atom. The van der Waals surface area contributed by atoms with Crippen molar-refractivity contribution in [3.63, 3.8) is 0 Å². The lowest BCUT2D eigenvalue weighted by molar-refractivity contribution is 0.372. The Hall–Kier alpha value is -0.500. The molecule has 1 rings (SSSR count). The lowest BCUT2D eigenvalue weighted by atomic mass is 9.99. The third kappa shape index (κ3) is 4.25. The van der Waals surface area contributed by atoms with Crippen LogP contribution < -0.4 is 0 Å². The molecule has 1 heterocycles. The zero-order chi connectivity index (χ0) is 11.1. The van der Waals surface area contributed by atoms with E-state index in [2.05, 4.69) is 25.1 Å². The normalized spacial score (nSPS) is 13.0. The highest BCUT2D eigenvalue weighted by Gasteiger charge is 2.07. The molecule has 2 nitrogen and oxygen atoms in total. The topological polar surface area (TPSA) is 17.8 Å². The molecular formula is C12H21ClN2. The van der Waals surface area contributed by atoms with Gasteiger partial charge < -0.3 is 0 Å². The summed E-state index contributed by atoms with van der Waals surface area (Å²) >= 11 is 5.74. The van der Waals surface area contributed by atoms with Gasteiger partial charge in [0.1, 0.15) is 0 Å². The zero-order valence-electron chi connectivity index (χ0n) is 9.75. The minimum absolute atomic E-state index is 0.561. The molecular weight excluding hydrogens is 208 g/mol. The van der Waals surface area contributed by atoms with Crippen molar-refractivity contribution in [1.29, 1.82) is 0 Å². The quantitative estimate of drug-likeness (QED) is 0.649. The summed E-state index contributed by atoms with van der Waals surface area (Å²) in [7, 11) is 0. The molecule has 0 saturated carbocycles. The van der Waals surface area contributed by atoms with E-state index >= 15 is 0 Å². The highest BCUT2D eigenvalue weighted by molar-refractivity contribution is 6.17. The second kappa shape index (κ2) is 6.89. The molecule has 0 aromatic carbocycles. The minimum atomic E-state index is 0.561. The van der Waals surface area contributed by atoms with Gasteiger partial charge in [-0.1, -0.05) is 33.1 Å². The highest BCUT2D eigenvalue weighted by atomic mass is 35.5. The molecule has 3 heteroatoms. The number of unbranched alkanes of at least 4 members (excludes halogenated alkanes) is 1. The number of alkyl halides is 1. The Morgan fingerprint density at radius 1 is 1.47 bits per heavy atom. The van der Waals surface area contributed by atoms with E-state index in [9.17, 15) is 0 Å². The van der Waals surface area contributed by atoms with Crippen LogP contribution in [0.4, 0.5) is 0 Å². The van der Waals surface area contributed by atoms with Crippen molar-refractivity contribution >= 4 is 11.6 Å². The van der Waals surface area contributed by atoms with Crippen LogP contribution in [0, 0.1) is 5.92 Å². The summed E-state index contributed by atoms with van der Waals surface area (Å²) in [4.78, 5) is 0. The predicted molar refractivity (Wildman–Crippen MR) is 65.1 cm³/mol. The molecule has 1 unspecified atom stereocenters. The molecule has 0 N–H and O–H groups in total. The average Bonchev–Trinajstić information content (AvgIpc) is 2.71. The Labute approximate surface area is 97.6 Å². The van der Waals surface area contributed by atoms with E-state index in [1.54, 1.807) is 0 Å². The molecule has 0 saturated heterocycles. The number of rotatable bonds is 7. The van der Waals surface area contributed by atoms with Crippen LogP contribution in [0.5, 0.6) is 0 Å². The van der Waals surface area contributed by atoms with Crippen molar-refractivity contribution in [3.05, 3.63) is 18.0 Å². The van der Waals surface area contributed by atoms with Crippen LogP contribution in [0.1, 0.15) is 45.1 Å². The second-order valence-electron chi connectivity index (χ2n) is 4.12. The van der Waals surface area contributed by atoms with Crippen LogP contribution in [0.25, 0.3) is 0 Å². The van der Waals surface area contributed by atoms with Gasteiger partial charge in [-0.15, -0.1) is 11.6 Å². The van der Waals surface area contributed by atoms with E-state index in [-0.39, 0.29) is 0 Å². The highest BCUT2D eigenvalue weighted by Crippen LogP contribution is 2.15. The van der Waals surface area contributed by atoms with Gasteiger partial charge in [0.25, 0.3) is 0 Å². The summed E-state index contributed by atoms with van der Waals surface area (Å²) in [6.07, 6.45) is 9.06. The maximum Gasteiger partial charge on any atom is 0.0533 e. The van der Waals surface area contributed by atoms with Crippen molar-refractivity contribution < 1.29 is 0 Å². The predicted octanol–water partition coefficient (Wildman–Crippen LogP) is 3.84. The molecule has 0 aliphatic rings. The monoisotopic (exact) mass is 228 g/mol. The van der Waals surface area contributed by atoms with Crippen LogP contribution in [-0.2, 0) is 12.4 Å². The fraction of sp³-hybridized carbons (Fsp3) is 0.750. The summed E-state index contributed by atoms with van der Waals surface area (Å²) in [6, 6.07) is 0. The van der Waals surface area contributed by atoms with Gasteiger partial charge in [-0.05, 0) is 12.3 Å². The minimum Gasteiger partial charge on any atom is -0.272 e. The van der Waals surface area contributed by atoms with Crippen LogP contribution >= 0.6 is 11.6 Å². The van der Waals surface area contributed by atoms with Crippen LogP contribution in [0.2, 0.25) is 0 Å². The van der Waals surface area contributed by atoms with Gasteiger partial charge in [-0.3, -0.25) is 4.68 Å². The SMILES string of the molecule is CCCCC(CC)Cn1cc(CCl)cn1. The van der Waals surface area contributed by atoms with Gasteiger partial charge in [-0.25, -0.2) is 0 Å². The number of aromatic nitrogens is 2. The van der Waals surface area contributed by atoms with E-state index in [0.717, 1.165) is 18.0 Å². The van der Waals surface area contributed by atoms with E-state index in [0.29, 0.717) is 5.88 Å². The smallest absolute Gasteiger partial charge is 0.0533 e. The fourth-order valence-electron chi connectivity index (χ4n) is 1.76. The third-order valence-electron chi connectivity index (χ3n) is 2.83. The van der Waals surface area contributed by atoms with Crippen molar-refractivity contribution in [2.24, 2.45) is 5.92 Å². The Balaban J connectivity index is 2.43. The molecule has 15 heavy (non-hydrogen) atoms. The van der Waals surface area contributed by atoms with E-state index in [4.69, 9.17) is 11.6 Å². The molecule has 1 atom stereocenters. The number of halogens is 1. The summed E-state index contributed by atoms with van der Waals surface area (Å²) < 4.78 is 2.03. The molecule has 0 spiro atoms. The van der Waals surface area contributed by atoms with Crippen molar-refractivity contribution in [2.45, 2.75) is 52.0 Å². The van der Waals surface area contributed by atoms with E-state index in [1.165, 1.54) is 25.7 Å². The number of nitrogens with zero attached hydrogens (tertiary/aromatic N) is 2. The maximum atomic E-state index is 5.74. The first-order valence-corrected chi connectivity index (χ1v) is 6.40. The first-order valence-electron chi connectivity index (χ1n) is 5.87. The van der Waals surface area contributed by atoms with Gasteiger partial charge in [0.15, 0.2) is 0 Å². The summed E-state index contributed by atoms with van der Waals surface area (Å²) in [5.74, 6) is 1.32. The van der Waals surface area contributed by atoms with E-state index < -0.39 is 0 Å². The fourth-order valence-corrected chi connectivity index (χ4v) is 1.90. The number of hydrogen-bond donors (Lipinski definition) is 0. The van der Waals surface area contributed by atoms with Gasteiger partial charge in [0.05, 0.1) is 12.1 Å². The average molecular weight is 229 g/mol. The first kappa shape index (κ1) is 12.6. The summed E-state index contributed by atoms with van der Waals surface area (Å²) in [6.45, 7) is 5.53. The third-order valence-corrected chi connectivity index (χ3v) is 3.14. The van der Waals surface area contributed by atoms with E-state index in [1.807, 2.05) is 10.9 Å². The molecule has 0 fully saturated rings. The Bertz CT molecular complexity index is 270. The molecule has 0 aliphatic heterocycles. The van der Waals surface area contributed by atoms with Gasteiger partial charge >= 0.3 is 0 Å². The van der Waals surface area contributed by atoms with Gasteiger partial charge in [0, 0.05) is 18.3 Å². The Kier molecular flexibility index (Phi) is 5.77. The van der Waals surface area contributed by atoms with Gasteiger partial charge in [0.2, 0.25) is 0 Å². The molecule has 0 radical (unpaired) electrons. The van der Waals surface area contributed by atoms with Crippen molar-refractivity contribution in [1.82, 2.24) is 9.78 Å². The molecule has 0 aliphatic carbocycles. The number of hydrogen-bond acceptors (Lipinski definition) is 1. The summed E-state index contributed by atoms with van der Waals surface area (Å²) in [5.41, 5.74) is 1.11. The van der Waals surface area contributed by atoms with Crippen LogP contribution in [0.3, 0.4) is 0 Å². The molecule has 86 valence electrons. The second-order valence-corrected chi connectivity index (χ2v) is 4.39. The molecule has 0 bridgehead atoms. The van der Waals surface area contributed by atoms with Crippen molar-refractivity contribution in [2.75, 3.05) is 0 Å². The standard InChI is InChI=1S/C12H21ClN2/c1-3-5-6-11(4-2)9-15-10-12(7-13)8-14-15/h8,10-11H,3-7,9H2,1-2H3. The van der Waals surface area contributed by atoms with Gasteiger partial charge in [-0.2, -0.15) is 5.10 Å². The van der Waals surface area contributed by atoms with Crippen LogP contribution in [0.15, 0.2) is 12.4 Å². The maximum absolute atomic E-state index is 5.74. The Morgan fingerprint density at radius 3 is 2.80 bits per heavy atom. The zero-order valence-corrected chi connectivity index (χ0v) is 10.5. The molecule has 1 aromatic heterocycles. The van der Waals surface area contributed by atoms with Crippen molar-refractivity contribution in [3.8, 4) is 0 Å². The first-order chi connectivity index (χ1) is 7.30. The summed E-state index contributed by atoms with van der Waals surface area (Å²) in [5, 5.41) is 4.32. The molecule has 1 aromatic rings. The molecule has 0 amide bonds. The lowest BCUT2D eigenvalue weighted by Gasteiger charge is -2.13.